The quantitative estimate of drug-likeness (QED) is 0.540. The number of esters is 1. The van der Waals surface area contributed by atoms with E-state index in [4.69, 9.17) is 14.5 Å². The molecule has 0 amide bonds. The molecule has 2 aliphatic carbocycles. The zero-order chi connectivity index (χ0) is 14.3. The lowest BCUT2D eigenvalue weighted by atomic mass is 9.60. The van der Waals surface area contributed by atoms with Crippen LogP contribution in [0.1, 0.15) is 40.0 Å². The van der Waals surface area contributed by atoms with Crippen LogP contribution in [0.15, 0.2) is 0 Å². The van der Waals surface area contributed by atoms with Crippen molar-refractivity contribution in [2.24, 2.45) is 29.6 Å². The lowest BCUT2D eigenvalue weighted by Gasteiger charge is -2.56. The van der Waals surface area contributed by atoms with Gasteiger partial charge in [-0.3, -0.25) is 4.79 Å². The van der Waals surface area contributed by atoms with Gasteiger partial charge >= 0.3 is 5.97 Å². The van der Waals surface area contributed by atoms with Crippen LogP contribution in [-0.4, -0.2) is 28.6 Å². The fraction of sp³-hybridized carbons (Fsp3) is 0.933. The molecule has 8 atom stereocenters. The number of aliphatic hydroxyl groups is 1. The van der Waals surface area contributed by atoms with Crippen molar-refractivity contribution in [3.8, 4) is 0 Å². The lowest BCUT2D eigenvalue weighted by Crippen LogP contribution is -2.68. The van der Waals surface area contributed by atoms with Crippen molar-refractivity contribution in [2.45, 2.75) is 57.5 Å². The number of carbonyl (C=O) groups excluding carboxylic acids is 1. The summed E-state index contributed by atoms with van der Waals surface area (Å²) >= 11 is 0. The zero-order valence-corrected chi connectivity index (χ0v) is 12.2. The van der Waals surface area contributed by atoms with Gasteiger partial charge in [-0.1, -0.05) is 13.8 Å². The van der Waals surface area contributed by atoms with E-state index < -0.39 is 11.4 Å². The fourth-order valence-electron chi connectivity index (χ4n) is 5.24. The zero-order valence-electron chi connectivity index (χ0n) is 12.2. The Morgan fingerprint density at radius 3 is 2.65 bits per heavy atom. The molecular formula is C15H22O5. The molecule has 2 heterocycles. The Hall–Kier alpha value is -0.650. The molecule has 3 unspecified atom stereocenters. The van der Waals surface area contributed by atoms with Crippen LogP contribution in [0.4, 0.5) is 0 Å². The Balaban J connectivity index is 1.84. The predicted octanol–water partition coefficient (Wildman–Crippen LogP) is 1.64. The van der Waals surface area contributed by atoms with E-state index in [1.54, 1.807) is 6.92 Å². The first-order chi connectivity index (χ1) is 9.38. The van der Waals surface area contributed by atoms with Crippen molar-refractivity contribution in [1.82, 2.24) is 0 Å². The second kappa shape index (κ2) is 3.76. The Bertz CT molecular complexity index is 461. The van der Waals surface area contributed by atoms with Crippen LogP contribution in [0, 0.1) is 29.6 Å². The molecule has 112 valence electrons. The molecule has 0 radical (unpaired) electrons. The summed E-state index contributed by atoms with van der Waals surface area (Å²) in [6.07, 6.45) is 2.49. The highest BCUT2D eigenvalue weighted by molar-refractivity contribution is 5.74. The maximum absolute atomic E-state index is 12.2. The first kappa shape index (κ1) is 13.0. The van der Waals surface area contributed by atoms with Crippen molar-refractivity contribution in [3.63, 3.8) is 0 Å². The summed E-state index contributed by atoms with van der Waals surface area (Å²) in [6, 6.07) is 0. The van der Waals surface area contributed by atoms with Crippen LogP contribution in [0.2, 0.25) is 0 Å². The van der Waals surface area contributed by atoms with Crippen molar-refractivity contribution in [1.29, 1.82) is 0 Å². The Morgan fingerprint density at radius 1 is 1.15 bits per heavy atom. The summed E-state index contributed by atoms with van der Waals surface area (Å²) in [5.74, 6) is -0.958. The number of hydrogen-bond acceptors (Lipinski definition) is 5. The molecule has 0 aromatic rings. The highest BCUT2D eigenvalue weighted by Gasteiger charge is 2.74. The Kier molecular flexibility index (Phi) is 2.45. The molecular weight excluding hydrogens is 260 g/mol. The molecule has 1 spiro atoms. The minimum absolute atomic E-state index is 0.135. The number of hydrogen-bond donors (Lipinski definition) is 1. The van der Waals surface area contributed by atoms with Crippen molar-refractivity contribution >= 4 is 5.97 Å². The average Bonchev–Trinajstić information content (AvgIpc) is 2.66. The van der Waals surface area contributed by atoms with Crippen LogP contribution in [0.25, 0.3) is 0 Å². The van der Waals surface area contributed by atoms with Gasteiger partial charge in [0.2, 0.25) is 5.79 Å². The van der Waals surface area contributed by atoms with Crippen molar-refractivity contribution in [2.75, 3.05) is 0 Å². The van der Waals surface area contributed by atoms with Crippen LogP contribution >= 0.6 is 0 Å². The monoisotopic (exact) mass is 282 g/mol. The minimum atomic E-state index is -1.38. The van der Waals surface area contributed by atoms with Gasteiger partial charge in [0.05, 0.1) is 11.8 Å². The maximum atomic E-state index is 12.2. The van der Waals surface area contributed by atoms with E-state index in [0.717, 1.165) is 19.3 Å². The van der Waals surface area contributed by atoms with Crippen LogP contribution in [-0.2, 0) is 19.3 Å². The molecule has 4 aliphatic rings. The number of ether oxygens (including phenoxy) is 1. The van der Waals surface area contributed by atoms with E-state index in [1.165, 1.54) is 0 Å². The highest BCUT2D eigenvalue weighted by atomic mass is 17.2. The van der Waals surface area contributed by atoms with Gasteiger partial charge in [0, 0.05) is 5.92 Å². The molecule has 20 heavy (non-hydrogen) atoms. The molecule has 1 N–H and O–H groups in total. The normalized spacial score (nSPS) is 60.9. The van der Waals surface area contributed by atoms with Gasteiger partial charge in [0.1, 0.15) is 11.7 Å². The van der Waals surface area contributed by atoms with E-state index >= 15 is 0 Å². The molecule has 2 aliphatic heterocycles. The topological polar surface area (TPSA) is 65.0 Å². The predicted molar refractivity (Wildman–Crippen MR) is 68.1 cm³/mol. The molecule has 4 rings (SSSR count). The standard InChI is InChI=1S/C15H22O5/c1-7-4-5-9-8(2)13(16)18-12-11-6-10(7)15(9,12)20-19-14(11,3)17/h7-12,17H,4-6H2,1-3H3/t7-,8-,9?,10+,11?,12?,14-,15+/m1/s1. The van der Waals surface area contributed by atoms with Gasteiger partial charge in [-0.15, -0.1) is 0 Å². The van der Waals surface area contributed by atoms with E-state index in [2.05, 4.69) is 6.92 Å². The summed E-state index contributed by atoms with van der Waals surface area (Å²) in [6.45, 7) is 5.76. The van der Waals surface area contributed by atoms with Gasteiger partial charge in [-0.2, -0.15) is 0 Å². The van der Waals surface area contributed by atoms with Crippen molar-refractivity contribution < 1.29 is 24.4 Å². The lowest BCUT2D eigenvalue weighted by molar-refractivity contribution is -0.517. The largest absolute Gasteiger partial charge is 0.458 e. The summed E-state index contributed by atoms with van der Waals surface area (Å²) in [7, 11) is 0. The first-order valence-corrected chi connectivity index (χ1v) is 7.67. The second-order valence-corrected chi connectivity index (χ2v) is 7.33. The maximum Gasteiger partial charge on any atom is 0.309 e. The van der Waals surface area contributed by atoms with E-state index in [-0.39, 0.29) is 29.8 Å². The molecule has 2 saturated heterocycles. The number of rotatable bonds is 0. The highest BCUT2D eigenvalue weighted by Crippen LogP contribution is 2.64. The van der Waals surface area contributed by atoms with E-state index in [1.807, 2.05) is 6.92 Å². The summed E-state index contributed by atoms with van der Waals surface area (Å²) in [5.41, 5.74) is -0.544. The Morgan fingerprint density at radius 2 is 1.90 bits per heavy atom. The van der Waals surface area contributed by atoms with Gasteiger partial charge in [-0.25, -0.2) is 9.78 Å². The van der Waals surface area contributed by atoms with Gasteiger partial charge in [-0.05, 0) is 38.0 Å². The molecule has 0 aromatic heterocycles. The van der Waals surface area contributed by atoms with Crippen LogP contribution in [0.5, 0.6) is 0 Å². The van der Waals surface area contributed by atoms with E-state index in [9.17, 15) is 9.90 Å². The second-order valence-electron chi connectivity index (χ2n) is 7.33. The van der Waals surface area contributed by atoms with Crippen molar-refractivity contribution in [3.05, 3.63) is 0 Å². The molecule has 2 saturated carbocycles. The molecule has 4 fully saturated rings. The van der Waals surface area contributed by atoms with Crippen LogP contribution < -0.4 is 0 Å². The summed E-state index contributed by atoms with van der Waals surface area (Å²) < 4.78 is 5.70. The van der Waals surface area contributed by atoms with Gasteiger partial charge in [0.15, 0.2) is 0 Å². The molecule has 5 nitrogen and oxygen atoms in total. The van der Waals surface area contributed by atoms with E-state index in [0.29, 0.717) is 11.8 Å². The average molecular weight is 282 g/mol. The molecule has 2 bridgehead atoms. The SMILES string of the molecule is C[C@@H]1CCC2[C@@H](C)C(=O)OC3C4C[C@@H]1[C@]32OO[C@@]4(C)O. The van der Waals surface area contributed by atoms with Gasteiger partial charge < -0.3 is 9.84 Å². The van der Waals surface area contributed by atoms with Crippen LogP contribution in [0.3, 0.4) is 0 Å². The third-order valence-corrected chi connectivity index (χ3v) is 6.36. The molecule has 0 aromatic carbocycles. The number of carbonyl (C=O) groups is 1. The molecule has 5 heteroatoms. The third-order valence-electron chi connectivity index (χ3n) is 6.36. The van der Waals surface area contributed by atoms with Gasteiger partial charge in [0.25, 0.3) is 0 Å². The fourth-order valence-corrected chi connectivity index (χ4v) is 5.24. The summed E-state index contributed by atoms with van der Waals surface area (Å²) in [4.78, 5) is 23.3. The minimum Gasteiger partial charge on any atom is -0.458 e. The summed E-state index contributed by atoms with van der Waals surface area (Å²) in [5, 5.41) is 10.4. The Labute approximate surface area is 118 Å². The third kappa shape index (κ3) is 1.32. The first-order valence-electron chi connectivity index (χ1n) is 7.67. The smallest absolute Gasteiger partial charge is 0.309 e.